The average Bonchev–Trinajstić information content (AvgIpc) is 2.84. The molecule has 3 rings (SSSR count). The zero-order chi connectivity index (χ0) is 25.4. The van der Waals surface area contributed by atoms with Crippen LogP contribution in [-0.4, -0.2) is 35.6 Å². The maximum absolute atomic E-state index is 12.0. The number of nitro benzene ring substituents is 2. The number of hydrazone groups is 1. The first-order valence-electron chi connectivity index (χ1n) is 10.2. The number of anilines is 1. The molecule has 0 aliphatic carbocycles. The SMILES string of the molecule is COc1cc(/C=N/NC(=O)CNc2ccc(C)cc2)ccc1Oc1ccc([N+](=O)[O-])cc1[N+](=O)[O-]. The fraction of sp³-hybridized carbons (Fsp3) is 0.130. The lowest BCUT2D eigenvalue weighted by atomic mass is 10.2. The summed E-state index contributed by atoms with van der Waals surface area (Å²) in [5.41, 5.74) is 3.89. The highest BCUT2D eigenvalue weighted by Crippen LogP contribution is 2.38. The Bertz CT molecular complexity index is 1280. The summed E-state index contributed by atoms with van der Waals surface area (Å²) < 4.78 is 10.9. The van der Waals surface area contributed by atoms with Crippen molar-refractivity contribution in [1.29, 1.82) is 0 Å². The van der Waals surface area contributed by atoms with Crippen molar-refractivity contribution in [3.63, 3.8) is 0 Å². The molecule has 0 radical (unpaired) electrons. The standard InChI is InChI=1S/C23H21N5O7/c1-15-3-6-17(7-4-15)24-14-23(29)26-25-13-16-5-9-21(22(11-16)34-2)35-20-10-8-18(27(30)31)12-19(20)28(32)33/h3-13,24H,14H2,1-2H3,(H,26,29)/b25-13+. The van der Waals surface area contributed by atoms with E-state index >= 15 is 0 Å². The van der Waals surface area contributed by atoms with E-state index in [1.165, 1.54) is 19.4 Å². The normalized spacial score (nSPS) is 10.6. The first-order chi connectivity index (χ1) is 16.8. The van der Waals surface area contributed by atoms with Crippen molar-refractivity contribution in [3.8, 4) is 17.2 Å². The van der Waals surface area contributed by atoms with E-state index in [4.69, 9.17) is 9.47 Å². The van der Waals surface area contributed by atoms with Crippen LogP contribution in [-0.2, 0) is 4.79 Å². The maximum Gasteiger partial charge on any atom is 0.318 e. The summed E-state index contributed by atoms with van der Waals surface area (Å²) in [4.78, 5) is 32.7. The number of hydrogen-bond acceptors (Lipinski definition) is 9. The third-order valence-corrected chi connectivity index (χ3v) is 4.67. The van der Waals surface area contributed by atoms with E-state index in [1.807, 2.05) is 31.2 Å². The number of non-ortho nitro benzene ring substituents is 1. The van der Waals surface area contributed by atoms with Gasteiger partial charge in [-0.25, -0.2) is 5.43 Å². The largest absolute Gasteiger partial charge is 0.493 e. The van der Waals surface area contributed by atoms with Crippen molar-refractivity contribution in [2.45, 2.75) is 6.92 Å². The second-order valence-corrected chi connectivity index (χ2v) is 7.19. The lowest BCUT2D eigenvalue weighted by Gasteiger charge is -2.11. The van der Waals surface area contributed by atoms with Crippen LogP contribution in [0.3, 0.4) is 0 Å². The number of hydrogen-bond donors (Lipinski definition) is 2. The molecule has 0 bridgehead atoms. The maximum atomic E-state index is 12.0. The fourth-order valence-corrected chi connectivity index (χ4v) is 2.89. The molecule has 0 aliphatic heterocycles. The van der Waals surface area contributed by atoms with Gasteiger partial charge in [-0.2, -0.15) is 5.10 Å². The molecule has 35 heavy (non-hydrogen) atoms. The highest BCUT2D eigenvalue weighted by atomic mass is 16.6. The smallest absolute Gasteiger partial charge is 0.318 e. The van der Waals surface area contributed by atoms with Crippen molar-refractivity contribution in [2.24, 2.45) is 5.10 Å². The Balaban J connectivity index is 1.65. The van der Waals surface area contributed by atoms with Crippen molar-refractivity contribution >= 4 is 29.2 Å². The number of nitrogens with one attached hydrogen (secondary N) is 2. The summed E-state index contributed by atoms with van der Waals surface area (Å²) in [7, 11) is 1.38. The number of amides is 1. The van der Waals surface area contributed by atoms with Crippen LogP contribution in [0, 0.1) is 27.2 Å². The molecule has 0 aromatic heterocycles. The highest BCUT2D eigenvalue weighted by Gasteiger charge is 2.22. The summed E-state index contributed by atoms with van der Waals surface area (Å²) in [5, 5.41) is 29.1. The lowest BCUT2D eigenvalue weighted by molar-refractivity contribution is -0.394. The topological polar surface area (TPSA) is 158 Å². The number of rotatable bonds is 10. The van der Waals surface area contributed by atoms with Gasteiger partial charge in [0.05, 0.1) is 35.8 Å². The summed E-state index contributed by atoms with van der Waals surface area (Å²) in [5.74, 6) is -0.158. The molecule has 0 saturated heterocycles. The molecule has 0 spiro atoms. The monoisotopic (exact) mass is 479 g/mol. The quantitative estimate of drug-likeness (QED) is 0.249. The van der Waals surface area contributed by atoms with Crippen molar-refractivity contribution < 1.29 is 24.1 Å². The Morgan fingerprint density at radius 2 is 1.69 bits per heavy atom. The summed E-state index contributed by atoms with van der Waals surface area (Å²) >= 11 is 0. The van der Waals surface area contributed by atoms with Gasteiger partial charge in [-0.1, -0.05) is 17.7 Å². The molecular formula is C23H21N5O7. The van der Waals surface area contributed by atoms with Crippen LogP contribution in [0.25, 0.3) is 0 Å². The van der Waals surface area contributed by atoms with E-state index < -0.39 is 21.2 Å². The Morgan fingerprint density at radius 1 is 0.971 bits per heavy atom. The predicted molar refractivity (Wildman–Crippen MR) is 128 cm³/mol. The molecule has 0 unspecified atom stereocenters. The molecule has 1 amide bonds. The van der Waals surface area contributed by atoms with Crippen LogP contribution < -0.4 is 20.2 Å². The van der Waals surface area contributed by atoms with Crippen LogP contribution in [0.2, 0.25) is 0 Å². The molecule has 0 atom stereocenters. The van der Waals surface area contributed by atoms with Crippen LogP contribution >= 0.6 is 0 Å². The van der Waals surface area contributed by atoms with E-state index in [2.05, 4.69) is 15.8 Å². The second-order valence-electron chi connectivity index (χ2n) is 7.19. The number of ether oxygens (including phenoxy) is 2. The first-order valence-corrected chi connectivity index (χ1v) is 10.2. The van der Waals surface area contributed by atoms with Crippen LogP contribution in [0.15, 0.2) is 65.8 Å². The summed E-state index contributed by atoms with van der Waals surface area (Å²) in [6, 6.07) is 15.3. The fourth-order valence-electron chi connectivity index (χ4n) is 2.89. The zero-order valence-corrected chi connectivity index (χ0v) is 18.8. The van der Waals surface area contributed by atoms with Gasteiger partial charge in [-0.3, -0.25) is 25.0 Å². The van der Waals surface area contributed by atoms with Gasteiger partial charge >= 0.3 is 5.69 Å². The number of aryl methyl sites for hydroxylation is 1. The molecule has 180 valence electrons. The minimum absolute atomic E-state index is 0.0323. The van der Waals surface area contributed by atoms with Gasteiger partial charge in [0, 0.05) is 11.8 Å². The molecule has 0 aliphatic rings. The second kappa shape index (κ2) is 11.2. The molecule has 2 N–H and O–H groups in total. The van der Waals surface area contributed by atoms with E-state index in [-0.39, 0.29) is 29.7 Å². The summed E-state index contributed by atoms with van der Waals surface area (Å²) in [6.45, 7) is 2.00. The number of nitro groups is 2. The average molecular weight is 479 g/mol. The van der Waals surface area contributed by atoms with Crippen molar-refractivity contribution in [2.75, 3.05) is 19.0 Å². The number of methoxy groups -OCH3 is 1. The third kappa shape index (κ3) is 6.74. The van der Waals surface area contributed by atoms with Gasteiger partial charge < -0.3 is 14.8 Å². The van der Waals surface area contributed by atoms with E-state index in [1.54, 1.807) is 12.1 Å². The Labute approximate surface area is 199 Å². The molecule has 0 saturated carbocycles. The van der Waals surface area contributed by atoms with E-state index in [9.17, 15) is 25.0 Å². The van der Waals surface area contributed by atoms with Gasteiger partial charge in [0.25, 0.3) is 11.6 Å². The number of nitrogens with zero attached hydrogens (tertiary/aromatic N) is 3. The molecular weight excluding hydrogens is 458 g/mol. The molecule has 3 aromatic rings. The minimum atomic E-state index is -0.772. The van der Waals surface area contributed by atoms with Gasteiger partial charge in [-0.15, -0.1) is 0 Å². The van der Waals surface area contributed by atoms with E-state index in [0.717, 1.165) is 29.4 Å². The lowest BCUT2D eigenvalue weighted by Crippen LogP contribution is -2.25. The predicted octanol–water partition coefficient (Wildman–Crippen LogP) is 4.17. The zero-order valence-electron chi connectivity index (χ0n) is 18.8. The van der Waals surface area contributed by atoms with Crippen LogP contribution in [0.4, 0.5) is 17.1 Å². The molecule has 12 nitrogen and oxygen atoms in total. The van der Waals surface area contributed by atoms with Crippen LogP contribution in [0.1, 0.15) is 11.1 Å². The van der Waals surface area contributed by atoms with Crippen molar-refractivity contribution in [3.05, 3.63) is 92.0 Å². The Morgan fingerprint density at radius 3 is 2.34 bits per heavy atom. The summed E-state index contributed by atoms with van der Waals surface area (Å²) in [6.07, 6.45) is 1.39. The van der Waals surface area contributed by atoms with Crippen molar-refractivity contribution in [1.82, 2.24) is 5.43 Å². The van der Waals surface area contributed by atoms with Gasteiger partial charge in [-0.05, 0) is 48.9 Å². The molecule has 0 heterocycles. The molecule has 0 fully saturated rings. The van der Waals surface area contributed by atoms with Crippen LogP contribution in [0.5, 0.6) is 17.2 Å². The molecule has 12 heteroatoms. The highest BCUT2D eigenvalue weighted by molar-refractivity contribution is 5.85. The number of carbonyl (C=O) groups is 1. The van der Waals surface area contributed by atoms with Gasteiger partial charge in [0.15, 0.2) is 11.5 Å². The van der Waals surface area contributed by atoms with Gasteiger partial charge in [0.2, 0.25) is 5.75 Å². The Hall–Kier alpha value is -5.00. The number of carbonyl (C=O) groups excluding carboxylic acids is 1. The number of benzene rings is 3. The Kier molecular flexibility index (Phi) is 7.90. The first kappa shape index (κ1) is 24.6. The van der Waals surface area contributed by atoms with E-state index in [0.29, 0.717) is 5.56 Å². The minimum Gasteiger partial charge on any atom is -0.493 e. The third-order valence-electron chi connectivity index (χ3n) is 4.67. The van der Waals surface area contributed by atoms with Gasteiger partial charge in [0.1, 0.15) is 0 Å². The molecule has 3 aromatic carbocycles.